The maximum Gasteiger partial charge on any atom is 0.316 e. The number of halogens is 3. The molecule has 0 bridgehead atoms. The van der Waals surface area contributed by atoms with E-state index in [2.05, 4.69) is 10.3 Å². The van der Waals surface area contributed by atoms with Crippen LogP contribution in [0.15, 0.2) is 41.3 Å². The van der Waals surface area contributed by atoms with Gasteiger partial charge >= 0.3 is 5.56 Å². The molecular weight excluding hydrogens is 395 g/mol. The highest BCUT2D eigenvalue weighted by Gasteiger charge is 2.14. The lowest BCUT2D eigenvalue weighted by Gasteiger charge is -2.17. The highest BCUT2D eigenvalue weighted by molar-refractivity contribution is 5.60. The highest BCUT2D eigenvalue weighted by Crippen LogP contribution is 2.25. The predicted octanol–water partition coefficient (Wildman–Crippen LogP) is 4.72. The minimum Gasteiger partial charge on any atom is -0.490 e. The first kappa shape index (κ1) is 21.4. The van der Waals surface area contributed by atoms with E-state index in [1.54, 1.807) is 13.0 Å². The molecule has 3 rings (SSSR count). The lowest BCUT2D eigenvalue weighted by Crippen LogP contribution is -2.19. The highest BCUT2D eigenvalue weighted by atomic mass is 19.1. The summed E-state index contributed by atoms with van der Waals surface area (Å²) in [4.78, 5) is 16.2. The van der Waals surface area contributed by atoms with Crippen LogP contribution in [0.2, 0.25) is 0 Å². The Morgan fingerprint density at radius 2 is 1.80 bits per heavy atom. The van der Waals surface area contributed by atoms with Gasteiger partial charge in [-0.15, -0.1) is 0 Å². The molecule has 158 valence electrons. The zero-order valence-corrected chi connectivity index (χ0v) is 16.9. The Hall–Kier alpha value is -3.29. The van der Waals surface area contributed by atoms with E-state index in [-0.39, 0.29) is 24.1 Å². The molecular formula is C22H22F3N3O2. The maximum atomic E-state index is 14.2. The zero-order valence-electron chi connectivity index (χ0n) is 16.9. The Morgan fingerprint density at radius 3 is 2.43 bits per heavy atom. The van der Waals surface area contributed by atoms with Gasteiger partial charge < -0.3 is 14.6 Å². The third-order valence-corrected chi connectivity index (χ3v) is 4.62. The number of aromatic nitrogens is 2. The second kappa shape index (κ2) is 9.02. The summed E-state index contributed by atoms with van der Waals surface area (Å²) in [5, 5.41) is 3.05. The summed E-state index contributed by atoms with van der Waals surface area (Å²) in [5.74, 6) is -1.59. The summed E-state index contributed by atoms with van der Waals surface area (Å²) < 4.78 is 47.9. The zero-order chi connectivity index (χ0) is 21.8. The predicted molar refractivity (Wildman–Crippen MR) is 109 cm³/mol. The lowest BCUT2D eigenvalue weighted by molar-refractivity contribution is 0.402. The molecule has 0 radical (unpaired) electrons. The standard InChI is InChI=1S/C22H22F3N3O2/c1-4-5-15-9-19(13(2)6-18(15)25)26-22-27-21(29)20(30-3)12-28(22)11-14-7-16(23)10-17(24)8-14/h6-10,12H,4-5,11H2,1-3H3,(H,26,27,29). The van der Waals surface area contributed by atoms with Crippen LogP contribution in [0, 0.1) is 24.4 Å². The summed E-state index contributed by atoms with van der Waals surface area (Å²) in [6.07, 6.45) is 2.74. The van der Waals surface area contributed by atoms with Crippen molar-refractivity contribution < 1.29 is 17.9 Å². The van der Waals surface area contributed by atoms with E-state index in [1.807, 2.05) is 6.92 Å². The quantitative estimate of drug-likeness (QED) is 0.604. The Balaban J connectivity index is 2.05. The Labute approximate surface area is 172 Å². The number of rotatable bonds is 7. The van der Waals surface area contributed by atoms with Crippen molar-refractivity contribution in [1.82, 2.24) is 9.55 Å². The molecule has 0 aliphatic carbocycles. The molecule has 1 N–H and O–H groups in total. The van der Waals surface area contributed by atoms with Gasteiger partial charge in [0, 0.05) is 11.8 Å². The molecule has 1 heterocycles. The first-order valence-corrected chi connectivity index (χ1v) is 9.47. The number of hydrogen-bond donors (Lipinski definition) is 1. The van der Waals surface area contributed by atoms with Gasteiger partial charge in [-0.25, -0.2) is 13.2 Å². The van der Waals surface area contributed by atoms with Crippen LogP contribution in [-0.4, -0.2) is 16.7 Å². The molecule has 0 saturated carbocycles. The number of nitrogens with one attached hydrogen (secondary N) is 1. The fourth-order valence-corrected chi connectivity index (χ4v) is 3.17. The van der Waals surface area contributed by atoms with Crippen LogP contribution in [0.25, 0.3) is 0 Å². The molecule has 0 saturated heterocycles. The van der Waals surface area contributed by atoms with Gasteiger partial charge in [0.1, 0.15) is 17.5 Å². The van der Waals surface area contributed by atoms with E-state index in [4.69, 9.17) is 4.74 Å². The van der Waals surface area contributed by atoms with Crippen molar-refractivity contribution >= 4 is 11.6 Å². The first-order valence-electron chi connectivity index (χ1n) is 9.47. The molecule has 5 nitrogen and oxygen atoms in total. The molecule has 0 spiro atoms. The fourth-order valence-electron chi connectivity index (χ4n) is 3.17. The molecule has 0 amide bonds. The minimum atomic E-state index is -0.709. The minimum absolute atomic E-state index is 0.0140. The van der Waals surface area contributed by atoms with E-state index in [9.17, 15) is 18.0 Å². The first-order chi connectivity index (χ1) is 14.3. The summed E-state index contributed by atoms with van der Waals surface area (Å²) in [6.45, 7) is 3.71. The van der Waals surface area contributed by atoms with Crippen molar-refractivity contribution in [3.63, 3.8) is 0 Å². The topological polar surface area (TPSA) is 56.1 Å². The van der Waals surface area contributed by atoms with E-state index in [0.29, 0.717) is 28.8 Å². The summed E-state index contributed by atoms with van der Waals surface area (Å²) in [7, 11) is 1.33. The Bertz CT molecular complexity index is 1110. The SMILES string of the molecule is CCCc1cc(Nc2nc(=O)c(OC)cn2Cc2cc(F)cc(F)c2)c(C)cc1F. The molecule has 3 aromatic rings. The molecule has 30 heavy (non-hydrogen) atoms. The lowest BCUT2D eigenvalue weighted by atomic mass is 10.1. The molecule has 2 aromatic carbocycles. The average molecular weight is 417 g/mol. The van der Waals surface area contributed by atoms with Crippen LogP contribution in [0.4, 0.5) is 24.8 Å². The molecule has 0 unspecified atom stereocenters. The van der Waals surface area contributed by atoms with Gasteiger partial charge in [0.25, 0.3) is 0 Å². The average Bonchev–Trinajstić information content (AvgIpc) is 2.66. The Morgan fingerprint density at radius 1 is 1.10 bits per heavy atom. The van der Waals surface area contributed by atoms with Crippen LogP contribution in [0.1, 0.15) is 30.0 Å². The van der Waals surface area contributed by atoms with Crippen LogP contribution in [0.5, 0.6) is 5.75 Å². The van der Waals surface area contributed by atoms with E-state index in [0.717, 1.165) is 12.5 Å². The maximum absolute atomic E-state index is 14.2. The van der Waals surface area contributed by atoms with Gasteiger partial charge in [0.15, 0.2) is 0 Å². The number of benzene rings is 2. The van der Waals surface area contributed by atoms with Gasteiger partial charge in [-0.2, -0.15) is 4.98 Å². The molecule has 0 atom stereocenters. The van der Waals surface area contributed by atoms with Crippen LogP contribution >= 0.6 is 0 Å². The van der Waals surface area contributed by atoms with Crippen molar-refractivity contribution in [1.29, 1.82) is 0 Å². The molecule has 1 aromatic heterocycles. The summed E-state index contributed by atoms with van der Waals surface area (Å²) >= 11 is 0. The summed E-state index contributed by atoms with van der Waals surface area (Å²) in [6, 6.07) is 6.27. The number of methoxy groups -OCH3 is 1. The Kier molecular flexibility index (Phi) is 6.44. The fraction of sp³-hybridized carbons (Fsp3) is 0.273. The van der Waals surface area contributed by atoms with Gasteiger partial charge in [0.2, 0.25) is 11.7 Å². The number of hydrogen-bond acceptors (Lipinski definition) is 4. The second-order valence-electron chi connectivity index (χ2n) is 6.98. The van der Waals surface area contributed by atoms with Crippen molar-refractivity contribution in [2.24, 2.45) is 0 Å². The molecule has 0 fully saturated rings. The summed E-state index contributed by atoms with van der Waals surface area (Å²) in [5.41, 5.74) is 1.48. The number of ether oxygens (including phenoxy) is 1. The van der Waals surface area contributed by atoms with E-state index in [1.165, 1.54) is 36.1 Å². The van der Waals surface area contributed by atoms with Crippen LogP contribution in [0.3, 0.4) is 0 Å². The van der Waals surface area contributed by atoms with E-state index >= 15 is 0 Å². The second-order valence-corrected chi connectivity index (χ2v) is 6.98. The van der Waals surface area contributed by atoms with Crippen LogP contribution < -0.4 is 15.6 Å². The van der Waals surface area contributed by atoms with Gasteiger partial charge in [-0.1, -0.05) is 13.3 Å². The normalized spacial score (nSPS) is 10.9. The van der Waals surface area contributed by atoms with Crippen LogP contribution in [-0.2, 0) is 13.0 Å². The monoisotopic (exact) mass is 417 g/mol. The van der Waals surface area contributed by atoms with E-state index < -0.39 is 17.2 Å². The van der Waals surface area contributed by atoms with Crippen molar-refractivity contribution in [2.75, 3.05) is 12.4 Å². The molecule has 0 aliphatic rings. The van der Waals surface area contributed by atoms with Gasteiger partial charge in [-0.05, 0) is 54.3 Å². The molecule has 8 heteroatoms. The third-order valence-electron chi connectivity index (χ3n) is 4.62. The van der Waals surface area contributed by atoms with Crippen molar-refractivity contribution in [3.05, 3.63) is 81.0 Å². The number of aryl methyl sites for hydroxylation is 2. The largest absolute Gasteiger partial charge is 0.490 e. The smallest absolute Gasteiger partial charge is 0.316 e. The van der Waals surface area contributed by atoms with Crippen molar-refractivity contribution in [2.45, 2.75) is 33.2 Å². The third kappa shape index (κ3) is 4.82. The van der Waals surface area contributed by atoms with Crippen molar-refractivity contribution in [3.8, 4) is 5.75 Å². The number of nitrogens with zero attached hydrogens (tertiary/aromatic N) is 2. The van der Waals surface area contributed by atoms with Gasteiger partial charge in [-0.3, -0.25) is 4.79 Å². The number of anilines is 2. The van der Waals surface area contributed by atoms with Gasteiger partial charge in [0.05, 0.1) is 19.9 Å². The molecule has 0 aliphatic heterocycles.